The van der Waals surface area contributed by atoms with Crippen LogP contribution < -0.4 is 15.8 Å². The third-order valence-corrected chi connectivity index (χ3v) is 5.48. The summed E-state index contributed by atoms with van der Waals surface area (Å²) < 4.78 is 0. The molecular formula is C20H21N5O2. The molecule has 3 atom stereocenters. The molecule has 3 unspecified atom stereocenters. The molecule has 7 nitrogen and oxygen atoms in total. The Hall–Kier alpha value is -3.14. The van der Waals surface area contributed by atoms with Crippen molar-refractivity contribution in [3.8, 4) is 6.07 Å². The van der Waals surface area contributed by atoms with Gasteiger partial charge in [0.2, 0.25) is 11.9 Å². The highest BCUT2D eigenvalue weighted by molar-refractivity contribution is 5.97. The van der Waals surface area contributed by atoms with Crippen LogP contribution in [0, 0.1) is 17.2 Å². The molecule has 2 aromatic rings. The van der Waals surface area contributed by atoms with Gasteiger partial charge in [0.25, 0.3) is 5.56 Å². The van der Waals surface area contributed by atoms with E-state index in [0.29, 0.717) is 11.5 Å². The van der Waals surface area contributed by atoms with Crippen molar-refractivity contribution in [2.24, 2.45) is 5.92 Å². The predicted molar refractivity (Wildman–Crippen MR) is 102 cm³/mol. The number of carbonyl (C=O) groups excluding carboxylic acids is 1. The number of nitrogens with one attached hydrogen (secondary N) is 2. The Balaban J connectivity index is 1.85. The van der Waals surface area contributed by atoms with Crippen LogP contribution in [-0.4, -0.2) is 28.5 Å². The van der Waals surface area contributed by atoms with Gasteiger partial charge in [0.15, 0.2) is 0 Å². The molecule has 1 aromatic heterocycles. The van der Waals surface area contributed by atoms with Gasteiger partial charge in [-0.2, -0.15) is 10.2 Å². The fraction of sp³-hybridized carbons (Fsp3) is 0.400. The number of nitriles is 1. The average Bonchev–Trinajstić information content (AvgIpc) is 2.67. The molecule has 1 amide bonds. The number of nitrogens with zero attached hydrogens (tertiary/aromatic N) is 3. The highest BCUT2D eigenvalue weighted by atomic mass is 16.2. The van der Waals surface area contributed by atoms with Gasteiger partial charge in [-0.25, -0.2) is 0 Å². The van der Waals surface area contributed by atoms with E-state index in [4.69, 9.17) is 0 Å². The lowest BCUT2D eigenvalue weighted by Gasteiger charge is -2.35. The van der Waals surface area contributed by atoms with E-state index >= 15 is 0 Å². The first kappa shape index (κ1) is 17.3. The van der Waals surface area contributed by atoms with Crippen LogP contribution in [-0.2, 0) is 4.79 Å². The smallest absolute Gasteiger partial charge is 0.258 e. The lowest BCUT2D eigenvalue weighted by atomic mass is 9.79. The summed E-state index contributed by atoms with van der Waals surface area (Å²) in [6, 6.07) is 11.5. The van der Waals surface area contributed by atoms with Gasteiger partial charge >= 0.3 is 0 Å². The normalized spacial score (nSPS) is 24.7. The number of fused-ring (bicyclic) bond motifs is 1. The molecule has 1 aromatic carbocycles. The van der Waals surface area contributed by atoms with Crippen molar-refractivity contribution in [2.75, 3.05) is 16.8 Å². The zero-order valence-electron chi connectivity index (χ0n) is 15.1. The summed E-state index contributed by atoms with van der Waals surface area (Å²) in [6.07, 6.45) is 3.24. The molecule has 0 spiro atoms. The molecule has 0 bridgehead atoms. The number of rotatable bonds is 2. The average molecular weight is 363 g/mol. The maximum atomic E-state index is 13.0. The first-order valence-electron chi connectivity index (χ1n) is 9.26. The van der Waals surface area contributed by atoms with E-state index < -0.39 is 17.7 Å². The lowest BCUT2D eigenvalue weighted by Crippen LogP contribution is -2.42. The van der Waals surface area contributed by atoms with Crippen molar-refractivity contribution in [3.05, 3.63) is 51.8 Å². The second-order valence-electron chi connectivity index (χ2n) is 7.17. The second-order valence-corrected chi connectivity index (χ2v) is 7.17. The maximum Gasteiger partial charge on any atom is 0.258 e. The van der Waals surface area contributed by atoms with Crippen LogP contribution in [0.15, 0.2) is 35.1 Å². The summed E-state index contributed by atoms with van der Waals surface area (Å²) >= 11 is 0. The van der Waals surface area contributed by atoms with E-state index in [-0.39, 0.29) is 17.4 Å². The van der Waals surface area contributed by atoms with Gasteiger partial charge in [-0.3, -0.25) is 14.6 Å². The summed E-state index contributed by atoms with van der Waals surface area (Å²) in [7, 11) is 0. The predicted octanol–water partition coefficient (Wildman–Crippen LogP) is 2.37. The number of amides is 1. The van der Waals surface area contributed by atoms with Crippen molar-refractivity contribution in [1.29, 1.82) is 5.26 Å². The van der Waals surface area contributed by atoms with Crippen LogP contribution in [0.2, 0.25) is 0 Å². The Kier molecular flexibility index (Phi) is 4.40. The van der Waals surface area contributed by atoms with Crippen LogP contribution in [0.1, 0.15) is 43.2 Å². The second kappa shape index (κ2) is 6.88. The molecule has 0 aliphatic carbocycles. The van der Waals surface area contributed by atoms with Crippen molar-refractivity contribution in [3.63, 3.8) is 0 Å². The highest BCUT2D eigenvalue weighted by Gasteiger charge is 2.40. The maximum absolute atomic E-state index is 13.0. The number of hydrogen-bond donors (Lipinski definition) is 2. The molecule has 4 rings (SSSR count). The van der Waals surface area contributed by atoms with E-state index in [1.54, 1.807) is 0 Å². The van der Waals surface area contributed by atoms with Crippen molar-refractivity contribution < 1.29 is 4.79 Å². The zero-order chi connectivity index (χ0) is 19.0. The SMILES string of the molecule is CC1CCCCN1c1nc2c(c(=O)[nH]1)C(c1ccccc1)C(C#N)C(=O)N2. The first-order valence-corrected chi connectivity index (χ1v) is 9.26. The van der Waals surface area contributed by atoms with Crippen LogP contribution in [0.25, 0.3) is 0 Å². The number of piperidine rings is 1. The highest BCUT2D eigenvalue weighted by Crippen LogP contribution is 2.38. The molecule has 0 saturated carbocycles. The lowest BCUT2D eigenvalue weighted by molar-refractivity contribution is -0.119. The van der Waals surface area contributed by atoms with E-state index in [2.05, 4.69) is 33.2 Å². The molecule has 1 saturated heterocycles. The Labute approximate surface area is 157 Å². The Bertz CT molecular complexity index is 963. The Morgan fingerprint density at radius 2 is 2.00 bits per heavy atom. The minimum atomic E-state index is -0.970. The summed E-state index contributed by atoms with van der Waals surface area (Å²) in [5.41, 5.74) is 0.800. The molecule has 0 radical (unpaired) electrons. The van der Waals surface area contributed by atoms with E-state index in [9.17, 15) is 14.9 Å². The monoisotopic (exact) mass is 363 g/mol. The van der Waals surface area contributed by atoms with Gasteiger partial charge in [0.05, 0.1) is 11.6 Å². The molecule has 7 heteroatoms. The third-order valence-electron chi connectivity index (χ3n) is 5.48. The summed E-state index contributed by atoms with van der Waals surface area (Å²) in [6.45, 7) is 2.93. The zero-order valence-corrected chi connectivity index (χ0v) is 15.1. The number of anilines is 2. The number of hydrogen-bond acceptors (Lipinski definition) is 5. The molecule has 1 fully saturated rings. The van der Waals surface area contributed by atoms with Gasteiger partial charge in [-0.05, 0) is 31.7 Å². The van der Waals surface area contributed by atoms with Gasteiger partial charge < -0.3 is 10.2 Å². The molecule has 138 valence electrons. The number of carbonyl (C=O) groups is 1. The molecule has 2 N–H and O–H groups in total. The Morgan fingerprint density at radius 1 is 1.22 bits per heavy atom. The van der Waals surface area contributed by atoms with Crippen LogP contribution >= 0.6 is 0 Å². The molecule has 3 heterocycles. The van der Waals surface area contributed by atoms with E-state index in [0.717, 1.165) is 31.4 Å². The number of benzene rings is 1. The molecular weight excluding hydrogens is 342 g/mol. The summed E-state index contributed by atoms with van der Waals surface area (Å²) in [4.78, 5) is 35.1. The van der Waals surface area contributed by atoms with Gasteiger partial charge in [-0.1, -0.05) is 30.3 Å². The molecule has 27 heavy (non-hydrogen) atoms. The molecule has 2 aliphatic rings. The van der Waals surface area contributed by atoms with Crippen molar-refractivity contribution in [2.45, 2.75) is 38.1 Å². The van der Waals surface area contributed by atoms with Crippen molar-refractivity contribution >= 4 is 17.7 Å². The molecule has 2 aliphatic heterocycles. The first-order chi connectivity index (χ1) is 13.1. The van der Waals surface area contributed by atoms with Gasteiger partial charge in [-0.15, -0.1) is 0 Å². The van der Waals surface area contributed by atoms with Crippen LogP contribution in [0.3, 0.4) is 0 Å². The Morgan fingerprint density at radius 3 is 2.70 bits per heavy atom. The van der Waals surface area contributed by atoms with Crippen molar-refractivity contribution in [1.82, 2.24) is 9.97 Å². The van der Waals surface area contributed by atoms with Crippen LogP contribution in [0.4, 0.5) is 11.8 Å². The largest absolute Gasteiger partial charge is 0.340 e. The van der Waals surface area contributed by atoms with Crippen LogP contribution in [0.5, 0.6) is 0 Å². The third kappa shape index (κ3) is 2.97. The van der Waals surface area contributed by atoms with Gasteiger partial charge in [0, 0.05) is 18.5 Å². The quantitative estimate of drug-likeness (QED) is 0.853. The minimum Gasteiger partial charge on any atom is -0.340 e. The topological polar surface area (TPSA) is 102 Å². The number of aromatic amines is 1. The number of H-pyrrole nitrogens is 1. The van der Waals surface area contributed by atoms with Gasteiger partial charge in [0.1, 0.15) is 11.7 Å². The fourth-order valence-corrected chi connectivity index (χ4v) is 4.07. The summed E-state index contributed by atoms with van der Waals surface area (Å²) in [5.74, 6) is -1.29. The standard InChI is InChI=1S/C20H21N5O2/c1-12-7-5-6-10-25(12)20-23-17-16(19(27)24-20)15(13-8-3-2-4-9-13)14(11-21)18(26)22-17/h2-4,8-9,12,14-15H,5-7,10H2,1H3,(H2,22,23,24,26,27). The van der Waals surface area contributed by atoms with E-state index in [1.807, 2.05) is 30.3 Å². The van der Waals surface area contributed by atoms with E-state index in [1.165, 1.54) is 0 Å². The fourth-order valence-electron chi connectivity index (χ4n) is 4.07. The summed E-state index contributed by atoms with van der Waals surface area (Å²) in [5, 5.41) is 12.2. The minimum absolute atomic E-state index is 0.261. The number of aromatic nitrogens is 2.